The van der Waals surface area contributed by atoms with E-state index in [2.05, 4.69) is 33.3 Å². The van der Waals surface area contributed by atoms with Gasteiger partial charge in [0.25, 0.3) is 0 Å². The average molecular weight is 279 g/mol. The number of nitrogens with one attached hydrogen (secondary N) is 2. The normalized spacial score (nSPS) is 12.1. The van der Waals surface area contributed by atoms with Crippen molar-refractivity contribution in [1.82, 2.24) is 5.32 Å². The monoisotopic (exact) mass is 279 g/mol. The van der Waals surface area contributed by atoms with Gasteiger partial charge >= 0.3 is 0 Å². The van der Waals surface area contributed by atoms with Crippen LogP contribution in [-0.2, 0) is 4.79 Å². The van der Waals surface area contributed by atoms with Gasteiger partial charge in [-0.25, -0.2) is 4.39 Å². The predicted molar refractivity (Wildman–Crippen MR) is 79.9 cm³/mol. The lowest BCUT2D eigenvalue weighted by atomic mass is 9.93. The molecular weight excluding hydrogens is 255 g/mol. The molecule has 0 aromatic heterocycles. The molecule has 4 heteroatoms. The number of hydrogen-bond acceptors (Lipinski definition) is 1. The fourth-order valence-corrected chi connectivity index (χ4v) is 2.15. The molecule has 1 aromatic carbocycles. The number of benzene rings is 1. The highest BCUT2D eigenvalue weighted by atomic mass is 19.1. The molecule has 0 heterocycles. The topological polar surface area (TPSA) is 33.5 Å². The molecule has 2 N–H and O–H groups in total. The molecule has 0 aliphatic rings. The third-order valence-corrected chi connectivity index (χ3v) is 2.87. The first-order valence-electron chi connectivity index (χ1n) is 6.79. The molecule has 0 unspecified atom stereocenters. The van der Waals surface area contributed by atoms with Gasteiger partial charge in [0.1, 0.15) is 5.82 Å². The highest BCUT2D eigenvalue weighted by Crippen LogP contribution is 2.10. The average Bonchev–Trinajstić information content (AvgIpc) is 2.34. The molecule has 0 saturated heterocycles. The summed E-state index contributed by atoms with van der Waals surface area (Å²) < 4.78 is 12.7. The molecule has 20 heavy (non-hydrogen) atoms. The second kappa shape index (κ2) is 7.20. The number of rotatable bonds is 6. The van der Waals surface area contributed by atoms with Crippen molar-refractivity contribution >= 4 is 12.0 Å². The van der Waals surface area contributed by atoms with E-state index in [-0.39, 0.29) is 17.1 Å². The van der Waals surface area contributed by atoms with E-state index in [1.165, 1.54) is 23.1 Å². The summed E-state index contributed by atoms with van der Waals surface area (Å²) in [4.78, 5) is 13.1. The number of carbonyl (C=O) groups is 1. The Morgan fingerprint density at radius 1 is 1.30 bits per heavy atom. The SMILES string of the molecule is C[NH+](C)CC(C)(C)CNC(=O)/C=C/c1ccc(F)cc1. The molecule has 0 saturated carbocycles. The van der Waals surface area contributed by atoms with Gasteiger partial charge in [-0.2, -0.15) is 0 Å². The fourth-order valence-electron chi connectivity index (χ4n) is 2.15. The molecule has 3 nitrogen and oxygen atoms in total. The van der Waals surface area contributed by atoms with Crippen LogP contribution in [0.25, 0.3) is 6.08 Å². The maximum atomic E-state index is 12.7. The van der Waals surface area contributed by atoms with Crippen molar-refractivity contribution in [3.05, 3.63) is 41.7 Å². The third kappa shape index (κ3) is 6.48. The van der Waals surface area contributed by atoms with Gasteiger partial charge in [-0.3, -0.25) is 4.79 Å². The first-order valence-corrected chi connectivity index (χ1v) is 6.79. The molecule has 1 amide bonds. The van der Waals surface area contributed by atoms with Crippen LogP contribution in [0.3, 0.4) is 0 Å². The van der Waals surface area contributed by atoms with E-state index < -0.39 is 0 Å². The van der Waals surface area contributed by atoms with E-state index in [4.69, 9.17) is 0 Å². The number of halogens is 1. The minimum absolute atomic E-state index is 0.0538. The van der Waals surface area contributed by atoms with Crippen LogP contribution in [0.2, 0.25) is 0 Å². The molecule has 0 aliphatic carbocycles. The first kappa shape index (κ1) is 16.4. The van der Waals surface area contributed by atoms with E-state index in [9.17, 15) is 9.18 Å². The Morgan fingerprint density at radius 2 is 1.90 bits per heavy atom. The van der Waals surface area contributed by atoms with Crippen molar-refractivity contribution in [1.29, 1.82) is 0 Å². The van der Waals surface area contributed by atoms with Crippen LogP contribution in [0.15, 0.2) is 30.3 Å². The Bertz CT molecular complexity index is 464. The summed E-state index contributed by atoms with van der Waals surface area (Å²) in [7, 11) is 4.19. The quantitative estimate of drug-likeness (QED) is 0.752. The molecular formula is C16H24FN2O+. The molecule has 0 radical (unpaired) electrons. The van der Waals surface area contributed by atoms with Crippen LogP contribution in [0.4, 0.5) is 4.39 Å². The predicted octanol–water partition coefficient (Wildman–Crippen LogP) is 1.13. The number of carbonyl (C=O) groups excluding carboxylic acids is 1. The summed E-state index contributed by atoms with van der Waals surface area (Å²) >= 11 is 0. The lowest BCUT2D eigenvalue weighted by molar-refractivity contribution is -0.865. The van der Waals surface area contributed by atoms with Crippen molar-refractivity contribution in [2.75, 3.05) is 27.2 Å². The molecule has 1 aromatic rings. The van der Waals surface area contributed by atoms with Gasteiger partial charge in [0.05, 0.1) is 20.6 Å². The van der Waals surface area contributed by atoms with Crippen molar-refractivity contribution in [3.63, 3.8) is 0 Å². The zero-order chi connectivity index (χ0) is 15.2. The largest absolute Gasteiger partial charge is 0.352 e. The lowest BCUT2D eigenvalue weighted by Crippen LogP contribution is -3.07. The van der Waals surface area contributed by atoms with Gasteiger partial charge in [-0.15, -0.1) is 0 Å². The second-order valence-electron chi connectivity index (χ2n) is 6.15. The smallest absolute Gasteiger partial charge is 0.244 e. The minimum Gasteiger partial charge on any atom is -0.352 e. The van der Waals surface area contributed by atoms with Gasteiger partial charge in [-0.05, 0) is 23.8 Å². The van der Waals surface area contributed by atoms with E-state index >= 15 is 0 Å². The van der Waals surface area contributed by atoms with Gasteiger partial charge < -0.3 is 10.2 Å². The summed E-state index contributed by atoms with van der Waals surface area (Å²) in [6, 6.07) is 6.03. The fraction of sp³-hybridized carbons (Fsp3) is 0.438. The van der Waals surface area contributed by atoms with Gasteiger partial charge in [-0.1, -0.05) is 26.0 Å². The molecule has 0 spiro atoms. The Morgan fingerprint density at radius 3 is 2.45 bits per heavy atom. The maximum absolute atomic E-state index is 12.7. The van der Waals surface area contributed by atoms with Gasteiger partial charge in [0, 0.05) is 18.0 Å². The van der Waals surface area contributed by atoms with Crippen LogP contribution >= 0.6 is 0 Å². The lowest BCUT2D eigenvalue weighted by Gasteiger charge is -2.25. The number of amides is 1. The number of quaternary nitrogens is 1. The van der Waals surface area contributed by atoms with Gasteiger partial charge in [0.2, 0.25) is 5.91 Å². The molecule has 1 rings (SSSR count). The van der Waals surface area contributed by atoms with Crippen LogP contribution in [0.1, 0.15) is 19.4 Å². The van der Waals surface area contributed by atoms with Crippen LogP contribution in [0.5, 0.6) is 0 Å². The molecule has 0 aliphatic heterocycles. The van der Waals surface area contributed by atoms with Gasteiger partial charge in [0.15, 0.2) is 0 Å². The Kier molecular flexibility index (Phi) is 5.89. The maximum Gasteiger partial charge on any atom is 0.244 e. The highest BCUT2D eigenvalue weighted by Gasteiger charge is 2.21. The van der Waals surface area contributed by atoms with Crippen molar-refractivity contribution in [3.8, 4) is 0 Å². The molecule has 0 fully saturated rings. The van der Waals surface area contributed by atoms with E-state index in [0.717, 1.165) is 12.1 Å². The van der Waals surface area contributed by atoms with E-state index in [0.29, 0.717) is 6.54 Å². The molecule has 0 atom stereocenters. The first-order chi connectivity index (χ1) is 9.28. The number of hydrogen-bond donors (Lipinski definition) is 2. The van der Waals surface area contributed by atoms with Crippen molar-refractivity contribution in [2.24, 2.45) is 5.41 Å². The highest BCUT2D eigenvalue weighted by molar-refractivity contribution is 5.91. The second-order valence-corrected chi connectivity index (χ2v) is 6.15. The summed E-state index contributed by atoms with van der Waals surface area (Å²) in [5.74, 6) is -0.407. The summed E-state index contributed by atoms with van der Waals surface area (Å²) in [5, 5.41) is 2.90. The van der Waals surface area contributed by atoms with Crippen LogP contribution in [0, 0.1) is 11.2 Å². The summed E-state index contributed by atoms with van der Waals surface area (Å²) in [6.07, 6.45) is 3.16. The third-order valence-electron chi connectivity index (χ3n) is 2.87. The van der Waals surface area contributed by atoms with Crippen molar-refractivity contribution < 1.29 is 14.1 Å². The van der Waals surface area contributed by atoms with E-state index in [1.54, 1.807) is 18.2 Å². The molecule has 110 valence electrons. The van der Waals surface area contributed by atoms with Crippen LogP contribution < -0.4 is 10.2 Å². The van der Waals surface area contributed by atoms with Crippen LogP contribution in [-0.4, -0.2) is 33.1 Å². The Hall–Kier alpha value is -1.68. The minimum atomic E-state index is -0.278. The van der Waals surface area contributed by atoms with E-state index in [1.807, 2.05) is 0 Å². The Balaban J connectivity index is 2.45. The summed E-state index contributed by atoms with van der Waals surface area (Å²) in [5.41, 5.74) is 0.858. The standard InChI is InChI=1S/C16H23FN2O/c1-16(2,12-19(3)4)11-18-15(20)10-7-13-5-8-14(17)9-6-13/h5-10H,11-12H2,1-4H3,(H,18,20)/p+1/b10-7+. The van der Waals surface area contributed by atoms with Crippen molar-refractivity contribution in [2.45, 2.75) is 13.8 Å². The Labute approximate surface area is 120 Å². The zero-order valence-corrected chi connectivity index (χ0v) is 12.7. The molecule has 0 bridgehead atoms. The zero-order valence-electron chi connectivity index (χ0n) is 12.7. The summed E-state index contributed by atoms with van der Waals surface area (Å²) in [6.45, 7) is 5.87.